The topological polar surface area (TPSA) is 95.9 Å². The van der Waals surface area contributed by atoms with Crippen LogP contribution in [0.2, 0.25) is 10.0 Å². The average molecular weight is 461 g/mol. The minimum absolute atomic E-state index is 0.00194. The number of allylic oxidation sites excluding steroid dienone is 1. The molecule has 2 aromatic rings. The molecular weight excluding hydrogens is 443 g/mol. The first kappa shape index (κ1) is 22.4. The Morgan fingerprint density at radius 1 is 1.23 bits per heavy atom. The highest BCUT2D eigenvalue weighted by Gasteiger charge is 2.38. The normalized spacial score (nSPS) is 15.3. The second-order valence-corrected chi connectivity index (χ2v) is 7.27. The Balaban J connectivity index is 2.10. The number of urea groups is 1. The van der Waals surface area contributed by atoms with E-state index in [0.717, 1.165) is 4.90 Å². The van der Waals surface area contributed by atoms with Gasteiger partial charge >= 0.3 is 6.03 Å². The smallest absolute Gasteiger partial charge is 0.336 e. The highest BCUT2D eigenvalue weighted by Crippen LogP contribution is 2.36. The molecule has 31 heavy (non-hydrogen) atoms. The molecule has 1 saturated heterocycles. The number of rotatable bonds is 6. The zero-order valence-electron chi connectivity index (χ0n) is 16.4. The molecule has 1 aliphatic rings. The van der Waals surface area contributed by atoms with Crippen LogP contribution in [-0.2, 0) is 16.0 Å². The van der Waals surface area contributed by atoms with Crippen molar-refractivity contribution in [2.75, 3.05) is 11.5 Å². The van der Waals surface area contributed by atoms with E-state index in [1.54, 1.807) is 19.1 Å². The van der Waals surface area contributed by atoms with Crippen LogP contribution in [0.4, 0.5) is 10.5 Å². The lowest BCUT2D eigenvalue weighted by molar-refractivity contribution is -0.122. The molecule has 1 heterocycles. The van der Waals surface area contributed by atoms with Gasteiger partial charge in [0, 0.05) is 5.56 Å². The van der Waals surface area contributed by atoms with Gasteiger partial charge in [0.15, 0.2) is 11.5 Å². The number of imide groups is 2. The fraction of sp³-hybridized carbons (Fsp3) is 0.136. The van der Waals surface area contributed by atoms with Crippen LogP contribution < -0.4 is 15.0 Å². The molecule has 3 rings (SSSR count). The number of phenols is 1. The summed E-state index contributed by atoms with van der Waals surface area (Å²) in [6.07, 6.45) is 3.25. The zero-order valence-corrected chi connectivity index (χ0v) is 18.0. The molecule has 2 aromatic carbocycles. The Morgan fingerprint density at radius 2 is 1.97 bits per heavy atom. The van der Waals surface area contributed by atoms with Crippen molar-refractivity contribution in [2.45, 2.75) is 13.3 Å². The second kappa shape index (κ2) is 9.24. The monoisotopic (exact) mass is 460 g/mol. The number of nitrogens with one attached hydrogen (secondary N) is 1. The molecule has 0 bridgehead atoms. The summed E-state index contributed by atoms with van der Waals surface area (Å²) in [7, 11) is 0. The van der Waals surface area contributed by atoms with Crippen LogP contribution in [0.25, 0.3) is 6.08 Å². The van der Waals surface area contributed by atoms with Crippen molar-refractivity contribution in [3.63, 3.8) is 0 Å². The number of carbonyl (C=O) groups is 3. The van der Waals surface area contributed by atoms with Crippen LogP contribution in [0.3, 0.4) is 0 Å². The first-order valence-corrected chi connectivity index (χ1v) is 9.99. The SMILES string of the molecule is C=CCc1cc(/C=C2/C(=O)NC(=O)N(c3cccc(Cl)c3Cl)C2=O)cc(OCC)c1O. The summed E-state index contributed by atoms with van der Waals surface area (Å²) in [5.41, 5.74) is 0.668. The standard InChI is InChI=1S/C22H18Cl2N2O5/c1-3-6-13-9-12(11-17(19(13)27)31-4-2)10-14-20(28)25-22(30)26(21(14)29)16-8-5-7-15(23)18(16)24/h3,5,7-11,27H,1,4,6H2,2H3,(H,25,28,30)/b14-10-. The minimum atomic E-state index is -0.940. The first-order chi connectivity index (χ1) is 14.8. The molecule has 1 fully saturated rings. The van der Waals surface area contributed by atoms with Crippen molar-refractivity contribution in [1.29, 1.82) is 0 Å². The summed E-state index contributed by atoms with van der Waals surface area (Å²) in [6, 6.07) is 6.62. The van der Waals surface area contributed by atoms with Gasteiger partial charge in [-0.1, -0.05) is 35.3 Å². The van der Waals surface area contributed by atoms with Crippen LogP contribution in [0, 0.1) is 0 Å². The van der Waals surface area contributed by atoms with Crippen molar-refractivity contribution in [3.05, 3.63) is 69.7 Å². The van der Waals surface area contributed by atoms with Crippen molar-refractivity contribution in [1.82, 2.24) is 5.32 Å². The number of ether oxygens (including phenoxy) is 1. The van der Waals surface area contributed by atoms with E-state index in [9.17, 15) is 19.5 Å². The summed E-state index contributed by atoms with van der Waals surface area (Å²) in [6.45, 7) is 5.72. The fourth-order valence-electron chi connectivity index (χ4n) is 3.06. The predicted octanol–water partition coefficient (Wildman–Crippen LogP) is 4.49. The predicted molar refractivity (Wildman–Crippen MR) is 119 cm³/mol. The molecule has 0 saturated carbocycles. The van der Waals surface area contributed by atoms with Gasteiger partial charge in [-0.15, -0.1) is 6.58 Å². The van der Waals surface area contributed by atoms with Gasteiger partial charge in [0.1, 0.15) is 5.57 Å². The summed E-state index contributed by atoms with van der Waals surface area (Å²) in [5, 5.41) is 12.6. The van der Waals surface area contributed by atoms with Gasteiger partial charge in [0.25, 0.3) is 11.8 Å². The maximum absolute atomic E-state index is 13.1. The van der Waals surface area contributed by atoms with Gasteiger partial charge in [0.2, 0.25) is 0 Å². The van der Waals surface area contributed by atoms with Gasteiger partial charge in [-0.2, -0.15) is 0 Å². The van der Waals surface area contributed by atoms with E-state index >= 15 is 0 Å². The number of hydrogen-bond acceptors (Lipinski definition) is 5. The van der Waals surface area contributed by atoms with Crippen LogP contribution in [-0.4, -0.2) is 29.6 Å². The van der Waals surface area contributed by atoms with Crippen LogP contribution in [0.5, 0.6) is 11.5 Å². The largest absolute Gasteiger partial charge is 0.504 e. The van der Waals surface area contributed by atoms with E-state index in [0.29, 0.717) is 24.2 Å². The number of carbonyl (C=O) groups excluding carboxylic acids is 3. The molecule has 0 aromatic heterocycles. The number of amides is 4. The van der Waals surface area contributed by atoms with E-state index in [1.165, 1.54) is 30.3 Å². The Morgan fingerprint density at radius 3 is 2.65 bits per heavy atom. The maximum Gasteiger partial charge on any atom is 0.336 e. The van der Waals surface area contributed by atoms with Crippen molar-refractivity contribution in [3.8, 4) is 11.5 Å². The highest BCUT2D eigenvalue weighted by atomic mass is 35.5. The lowest BCUT2D eigenvalue weighted by Crippen LogP contribution is -2.54. The van der Waals surface area contributed by atoms with E-state index < -0.39 is 17.8 Å². The van der Waals surface area contributed by atoms with E-state index in [2.05, 4.69) is 11.9 Å². The van der Waals surface area contributed by atoms with E-state index in [4.69, 9.17) is 27.9 Å². The summed E-state index contributed by atoms with van der Waals surface area (Å²) < 4.78 is 5.45. The van der Waals surface area contributed by atoms with Crippen molar-refractivity contribution < 1.29 is 24.2 Å². The molecule has 0 unspecified atom stereocenters. The molecule has 160 valence electrons. The Bertz CT molecular complexity index is 1130. The molecule has 0 radical (unpaired) electrons. The molecule has 0 aliphatic carbocycles. The van der Waals surface area contributed by atoms with Gasteiger partial charge in [-0.25, -0.2) is 9.69 Å². The first-order valence-electron chi connectivity index (χ1n) is 9.23. The number of anilines is 1. The summed E-state index contributed by atoms with van der Waals surface area (Å²) in [4.78, 5) is 38.6. The minimum Gasteiger partial charge on any atom is -0.504 e. The van der Waals surface area contributed by atoms with E-state index in [1.807, 2.05) is 0 Å². The van der Waals surface area contributed by atoms with Crippen LogP contribution >= 0.6 is 23.2 Å². The third kappa shape index (κ3) is 4.42. The van der Waals surface area contributed by atoms with Gasteiger partial charge in [0.05, 0.1) is 22.3 Å². The lowest BCUT2D eigenvalue weighted by Gasteiger charge is -2.27. The third-order valence-electron chi connectivity index (χ3n) is 4.43. The van der Waals surface area contributed by atoms with Crippen molar-refractivity contribution in [2.24, 2.45) is 0 Å². The molecule has 1 aliphatic heterocycles. The quantitative estimate of drug-likeness (QED) is 0.376. The maximum atomic E-state index is 13.1. The molecule has 9 heteroatoms. The second-order valence-electron chi connectivity index (χ2n) is 6.48. The third-order valence-corrected chi connectivity index (χ3v) is 5.23. The number of aromatic hydroxyl groups is 1. The van der Waals surface area contributed by atoms with Crippen molar-refractivity contribution >= 4 is 52.8 Å². The molecule has 0 spiro atoms. The summed E-state index contributed by atoms with van der Waals surface area (Å²) >= 11 is 12.2. The van der Waals surface area contributed by atoms with Gasteiger partial charge in [-0.3, -0.25) is 14.9 Å². The Kier molecular flexibility index (Phi) is 6.68. The van der Waals surface area contributed by atoms with Gasteiger partial charge < -0.3 is 9.84 Å². The average Bonchev–Trinajstić information content (AvgIpc) is 2.72. The molecule has 0 atom stereocenters. The number of hydrogen-bond donors (Lipinski definition) is 2. The fourth-order valence-corrected chi connectivity index (χ4v) is 3.44. The zero-order chi connectivity index (χ0) is 22.7. The highest BCUT2D eigenvalue weighted by molar-refractivity contribution is 6.46. The van der Waals surface area contributed by atoms with E-state index in [-0.39, 0.29) is 32.8 Å². The summed E-state index contributed by atoms with van der Waals surface area (Å²) in [5.74, 6) is -1.58. The number of phenolic OH excluding ortho intramolecular Hbond substituents is 1. The van der Waals surface area contributed by atoms with Crippen LogP contribution in [0.1, 0.15) is 18.1 Å². The number of benzene rings is 2. The number of halogens is 2. The number of nitrogens with zero attached hydrogens (tertiary/aromatic N) is 1. The van der Waals surface area contributed by atoms with Gasteiger partial charge in [-0.05, 0) is 49.2 Å². The molecule has 4 amide bonds. The molecule has 7 nitrogen and oxygen atoms in total. The lowest BCUT2D eigenvalue weighted by atomic mass is 10.0. The Hall–Kier alpha value is -3.29. The molecule has 2 N–H and O–H groups in total. The van der Waals surface area contributed by atoms with Crippen LogP contribution in [0.15, 0.2) is 48.6 Å². The number of barbiturate groups is 1. The molecular formula is C22H18Cl2N2O5. The Labute approximate surface area is 188 Å².